The number of benzene rings is 1. The minimum atomic E-state index is -1.41. The summed E-state index contributed by atoms with van der Waals surface area (Å²) in [5, 5.41) is 20.1. The minimum absolute atomic E-state index is 0.120. The Morgan fingerprint density at radius 3 is 2.50 bits per heavy atom. The molecule has 0 aliphatic heterocycles. The maximum atomic E-state index is 11.2. The quantitative estimate of drug-likeness (QED) is 0.668. The molecule has 0 saturated carbocycles. The van der Waals surface area contributed by atoms with Gasteiger partial charge < -0.3 is 15.9 Å². The van der Waals surface area contributed by atoms with Gasteiger partial charge in [-0.3, -0.25) is 4.79 Å². The number of amides is 1. The van der Waals surface area contributed by atoms with Crippen LogP contribution in [0.3, 0.4) is 0 Å². The molecule has 2 aromatic rings. The Morgan fingerprint density at radius 1 is 1.20 bits per heavy atom. The molecular weight excluding hydrogens is 256 g/mol. The van der Waals surface area contributed by atoms with Crippen LogP contribution in [0, 0.1) is 0 Å². The van der Waals surface area contributed by atoms with E-state index in [1.165, 1.54) is 0 Å². The summed E-state index contributed by atoms with van der Waals surface area (Å²) in [6, 6.07) is 12.2. The normalized spacial score (nSPS) is 13.7. The third-order valence-corrected chi connectivity index (χ3v) is 3.16. The van der Waals surface area contributed by atoms with Crippen molar-refractivity contribution in [2.45, 2.75) is 12.1 Å². The SMILES string of the molecule is NC(=O)c1ccc[n+](CC(O)(CO)c2ccccc2)c1. The van der Waals surface area contributed by atoms with Crippen molar-refractivity contribution in [3.63, 3.8) is 0 Å². The molecule has 5 heteroatoms. The summed E-state index contributed by atoms with van der Waals surface area (Å²) < 4.78 is 1.63. The number of rotatable bonds is 5. The van der Waals surface area contributed by atoms with Gasteiger partial charge in [0.1, 0.15) is 5.56 Å². The van der Waals surface area contributed by atoms with Crippen LogP contribution in [-0.2, 0) is 12.1 Å². The van der Waals surface area contributed by atoms with Crippen LogP contribution in [0.25, 0.3) is 0 Å². The lowest BCUT2D eigenvalue weighted by Gasteiger charge is -2.23. The molecular formula is C15H17N2O3+. The van der Waals surface area contributed by atoms with Crippen LogP contribution in [-0.4, -0.2) is 22.7 Å². The average Bonchev–Trinajstić information content (AvgIpc) is 2.48. The van der Waals surface area contributed by atoms with Crippen LogP contribution in [0.1, 0.15) is 15.9 Å². The van der Waals surface area contributed by atoms with Gasteiger partial charge in [0.2, 0.25) is 0 Å². The van der Waals surface area contributed by atoms with Crippen molar-refractivity contribution in [3.05, 3.63) is 66.0 Å². The van der Waals surface area contributed by atoms with E-state index in [0.29, 0.717) is 11.1 Å². The molecule has 1 amide bonds. The van der Waals surface area contributed by atoms with Crippen molar-refractivity contribution in [2.75, 3.05) is 6.61 Å². The summed E-state index contributed by atoms with van der Waals surface area (Å²) in [4.78, 5) is 11.2. The van der Waals surface area contributed by atoms with Gasteiger partial charge in [-0.1, -0.05) is 30.3 Å². The summed E-state index contributed by atoms with van der Waals surface area (Å²) in [7, 11) is 0. The number of pyridine rings is 1. The lowest BCUT2D eigenvalue weighted by atomic mass is 9.94. The van der Waals surface area contributed by atoms with Gasteiger partial charge in [0.15, 0.2) is 24.5 Å². The first-order valence-electron chi connectivity index (χ1n) is 6.23. The Labute approximate surface area is 116 Å². The number of carbonyl (C=O) groups excluding carboxylic acids is 1. The van der Waals surface area contributed by atoms with Gasteiger partial charge in [-0.25, -0.2) is 4.57 Å². The summed E-state index contributed by atoms with van der Waals surface area (Å²) in [5.74, 6) is -0.536. The number of carbonyl (C=O) groups is 1. The summed E-state index contributed by atoms with van der Waals surface area (Å²) in [6.45, 7) is -0.306. The number of nitrogens with zero attached hydrogens (tertiary/aromatic N) is 1. The van der Waals surface area contributed by atoms with Gasteiger partial charge in [0.05, 0.1) is 6.61 Å². The molecule has 4 N–H and O–H groups in total. The number of hydrogen-bond acceptors (Lipinski definition) is 3. The van der Waals surface area contributed by atoms with Crippen LogP contribution >= 0.6 is 0 Å². The molecule has 1 heterocycles. The highest BCUT2D eigenvalue weighted by molar-refractivity contribution is 5.92. The molecule has 0 spiro atoms. The van der Waals surface area contributed by atoms with Crippen molar-refractivity contribution < 1.29 is 19.6 Å². The van der Waals surface area contributed by atoms with E-state index in [-0.39, 0.29) is 6.54 Å². The molecule has 0 bridgehead atoms. The first-order valence-corrected chi connectivity index (χ1v) is 6.23. The van der Waals surface area contributed by atoms with Crippen molar-refractivity contribution in [1.29, 1.82) is 0 Å². The lowest BCUT2D eigenvalue weighted by molar-refractivity contribution is -0.712. The minimum Gasteiger partial charge on any atom is -0.393 e. The molecule has 104 valence electrons. The first-order chi connectivity index (χ1) is 9.55. The molecule has 1 aromatic carbocycles. The smallest absolute Gasteiger partial charge is 0.254 e. The number of aliphatic hydroxyl groups excluding tert-OH is 1. The average molecular weight is 273 g/mol. The zero-order chi connectivity index (χ0) is 14.6. The number of aliphatic hydroxyl groups is 2. The monoisotopic (exact) mass is 273 g/mol. The Hall–Kier alpha value is -2.24. The van der Waals surface area contributed by atoms with Gasteiger partial charge in [-0.15, -0.1) is 0 Å². The standard InChI is InChI=1S/C15H16N2O3/c16-14(19)12-5-4-8-17(9-12)10-15(20,11-18)13-6-2-1-3-7-13/h1-9,18,20H,10-11H2,(H-,16,19)/p+1. The predicted octanol–water partition coefficient (Wildman–Crippen LogP) is -0.0469. The fourth-order valence-electron chi connectivity index (χ4n) is 2.05. The van der Waals surface area contributed by atoms with E-state index in [2.05, 4.69) is 0 Å². The van der Waals surface area contributed by atoms with E-state index in [9.17, 15) is 15.0 Å². The van der Waals surface area contributed by atoms with Crippen molar-refractivity contribution in [3.8, 4) is 0 Å². The largest absolute Gasteiger partial charge is 0.393 e. The summed E-state index contributed by atoms with van der Waals surface area (Å²) >= 11 is 0. The van der Waals surface area contributed by atoms with E-state index in [1.807, 2.05) is 6.07 Å². The topological polar surface area (TPSA) is 87.4 Å². The Bertz CT molecular complexity index is 601. The van der Waals surface area contributed by atoms with Crippen LogP contribution in [0.5, 0.6) is 0 Å². The van der Waals surface area contributed by atoms with E-state index in [0.717, 1.165) is 0 Å². The maximum absolute atomic E-state index is 11.2. The molecule has 0 saturated heterocycles. The van der Waals surface area contributed by atoms with Crippen LogP contribution in [0.4, 0.5) is 0 Å². The molecule has 1 unspecified atom stereocenters. The Kier molecular flexibility index (Phi) is 4.12. The molecule has 2 rings (SSSR count). The summed E-state index contributed by atoms with van der Waals surface area (Å²) in [5.41, 5.74) is 4.77. The van der Waals surface area contributed by atoms with Crippen molar-refractivity contribution >= 4 is 5.91 Å². The van der Waals surface area contributed by atoms with Gasteiger partial charge in [0.25, 0.3) is 5.91 Å². The van der Waals surface area contributed by atoms with E-state index in [1.54, 1.807) is 53.4 Å². The second-order valence-corrected chi connectivity index (χ2v) is 4.68. The van der Waals surface area contributed by atoms with Crippen LogP contribution < -0.4 is 10.3 Å². The van der Waals surface area contributed by atoms with Crippen molar-refractivity contribution in [2.24, 2.45) is 5.73 Å². The zero-order valence-electron chi connectivity index (χ0n) is 10.9. The second-order valence-electron chi connectivity index (χ2n) is 4.68. The van der Waals surface area contributed by atoms with E-state index < -0.39 is 18.1 Å². The molecule has 0 radical (unpaired) electrons. The van der Waals surface area contributed by atoms with E-state index >= 15 is 0 Å². The number of nitrogens with two attached hydrogens (primary N) is 1. The van der Waals surface area contributed by atoms with Gasteiger partial charge in [-0.05, 0) is 11.6 Å². The third kappa shape index (κ3) is 3.01. The number of aromatic nitrogens is 1. The van der Waals surface area contributed by atoms with Crippen LogP contribution in [0.2, 0.25) is 0 Å². The molecule has 0 fully saturated rings. The zero-order valence-corrected chi connectivity index (χ0v) is 10.9. The van der Waals surface area contributed by atoms with Crippen LogP contribution in [0.15, 0.2) is 54.9 Å². The second kappa shape index (κ2) is 5.81. The molecule has 1 atom stereocenters. The number of primary amides is 1. The summed E-state index contributed by atoms with van der Waals surface area (Å²) in [6.07, 6.45) is 3.25. The van der Waals surface area contributed by atoms with Gasteiger partial charge in [-0.2, -0.15) is 0 Å². The molecule has 0 aliphatic carbocycles. The fourth-order valence-corrected chi connectivity index (χ4v) is 2.05. The predicted molar refractivity (Wildman–Crippen MR) is 72.6 cm³/mol. The lowest BCUT2D eigenvalue weighted by Crippen LogP contribution is -2.48. The molecule has 5 nitrogen and oxygen atoms in total. The van der Waals surface area contributed by atoms with E-state index in [4.69, 9.17) is 5.73 Å². The Balaban J connectivity index is 2.31. The number of hydrogen-bond donors (Lipinski definition) is 3. The molecule has 0 aliphatic rings. The van der Waals surface area contributed by atoms with Gasteiger partial charge in [0, 0.05) is 6.07 Å². The highest BCUT2D eigenvalue weighted by Gasteiger charge is 2.33. The maximum Gasteiger partial charge on any atom is 0.254 e. The molecule has 1 aromatic heterocycles. The van der Waals surface area contributed by atoms with Crippen molar-refractivity contribution in [1.82, 2.24) is 0 Å². The molecule has 20 heavy (non-hydrogen) atoms. The highest BCUT2D eigenvalue weighted by atomic mass is 16.3. The highest BCUT2D eigenvalue weighted by Crippen LogP contribution is 2.20. The Morgan fingerprint density at radius 2 is 1.90 bits per heavy atom. The van der Waals surface area contributed by atoms with Gasteiger partial charge >= 0.3 is 0 Å². The first kappa shape index (κ1) is 14.2. The fraction of sp³-hybridized carbons (Fsp3) is 0.200. The third-order valence-electron chi connectivity index (χ3n) is 3.16.